The van der Waals surface area contributed by atoms with E-state index in [1.54, 1.807) is 6.92 Å². The van der Waals surface area contributed by atoms with E-state index in [1.807, 2.05) is 6.92 Å². The lowest BCUT2D eigenvalue weighted by Gasteiger charge is -2.05. The van der Waals surface area contributed by atoms with E-state index < -0.39 is 0 Å². The van der Waals surface area contributed by atoms with E-state index in [-0.39, 0.29) is 5.78 Å². The Morgan fingerprint density at radius 1 is 1.35 bits per heavy atom. The zero-order valence-electron chi connectivity index (χ0n) is 10.7. The van der Waals surface area contributed by atoms with Gasteiger partial charge in [-0.1, -0.05) is 6.07 Å². The highest BCUT2D eigenvalue weighted by Gasteiger charge is 2.07. The number of hydrogen-bond acceptors (Lipinski definition) is 2. The quantitative estimate of drug-likeness (QED) is 0.809. The summed E-state index contributed by atoms with van der Waals surface area (Å²) in [5.74, 6) is 1.28. The molecule has 1 heterocycles. The van der Waals surface area contributed by atoms with Gasteiger partial charge in [-0.05, 0) is 44.9 Å². The lowest BCUT2D eigenvalue weighted by atomic mass is 10.2. The number of fused-ring (bicyclic) bond motifs is 1. The number of imidazole rings is 1. The van der Waals surface area contributed by atoms with E-state index in [9.17, 15) is 4.79 Å². The van der Waals surface area contributed by atoms with Gasteiger partial charge in [0.15, 0.2) is 0 Å². The van der Waals surface area contributed by atoms with E-state index in [2.05, 4.69) is 34.7 Å². The Hall–Kier alpha value is -1.64. The van der Waals surface area contributed by atoms with Crippen LogP contribution in [0.15, 0.2) is 18.2 Å². The normalized spacial score (nSPS) is 11.0. The van der Waals surface area contributed by atoms with Crippen molar-refractivity contribution in [3.8, 4) is 0 Å². The number of benzene rings is 1. The molecule has 0 N–H and O–H groups in total. The first kappa shape index (κ1) is 11.8. The summed E-state index contributed by atoms with van der Waals surface area (Å²) in [5, 5.41) is 0. The molecular weight excluding hydrogens is 212 g/mol. The smallest absolute Gasteiger partial charge is 0.129 e. The summed E-state index contributed by atoms with van der Waals surface area (Å²) in [5.41, 5.74) is 3.44. The molecule has 1 aromatic carbocycles. The van der Waals surface area contributed by atoms with Gasteiger partial charge >= 0.3 is 0 Å². The van der Waals surface area contributed by atoms with Gasteiger partial charge in [0.1, 0.15) is 11.6 Å². The molecule has 0 saturated heterocycles. The van der Waals surface area contributed by atoms with Gasteiger partial charge in [-0.15, -0.1) is 0 Å². The second-order valence-electron chi connectivity index (χ2n) is 4.61. The Morgan fingerprint density at radius 3 is 2.82 bits per heavy atom. The topological polar surface area (TPSA) is 34.9 Å². The molecule has 0 radical (unpaired) electrons. The van der Waals surface area contributed by atoms with E-state index in [0.717, 1.165) is 29.8 Å². The number of Topliss-reactive ketones (excluding diaryl/α,β-unsaturated/α-hetero) is 1. The summed E-state index contributed by atoms with van der Waals surface area (Å²) in [6.07, 6.45) is 1.53. The van der Waals surface area contributed by atoms with Crippen LogP contribution in [-0.2, 0) is 11.3 Å². The average Bonchev–Trinajstić information content (AvgIpc) is 2.54. The van der Waals surface area contributed by atoms with Crippen LogP contribution in [0.2, 0.25) is 0 Å². The Bertz CT molecular complexity index is 555. The zero-order chi connectivity index (χ0) is 12.4. The van der Waals surface area contributed by atoms with Gasteiger partial charge in [0.25, 0.3) is 0 Å². The van der Waals surface area contributed by atoms with E-state index in [4.69, 9.17) is 0 Å². The molecule has 0 unspecified atom stereocenters. The highest BCUT2D eigenvalue weighted by molar-refractivity contribution is 5.77. The fraction of sp³-hybridized carbons (Fsp3) is 0.429. The first-order valence-corrected chi connectivity index (χ1v) is 6.01. The minimum absolute atomic E-state index is 0.253. The minimum Gasteiger partial charge on any atom is -0.328 e. The van der Waals surface area contributed by atoms with Crippen molar-refractivity contribution in [2.75, 3.05) is 0 Å². The molecule has 0 spiro atoms. The second kappa shape index (κ2) is 4.70. The summed E-state index contributed by atoms with van der Waals surface area (Å²) in [7, 11) is 0. The van der Waals surface area contributed by atoms with Crippen molar-refractivity contribution in [2.45, 2.75) is 40.2 Å². The molecule has 3 heteroatoms. The van der Waals surface area contributed by atoms with Gasteiger partial charge in [-0.25, -0.2) is 4.98 Å². The number of ketones is 1. The maximum Gasteiger partial charge on any atom is 0.129 e. The van der Waals surface area contributed by atoms with Gasteiger partial charge < -0.3 is 9.36 Å². The largest absolute Gasteiger partial charge is 0.328 e. The molecule has 2 rings (SSSR count). The number of hydrogen-bond donors (Lipinski definition) is 0. The lowest BCUT2D eigenvalue weighted by molar-refractivity contribution is -0.117. The van der Waals surface area contributed by atoms with Gasteiger partial charge in [0, 0.05) is 13.0 Å². The molecule has 1 aromatic heterocycles. The van der Waals surface area contributed by atoms with Gasteiger partial charge in [-0.3, -0.25) is 0 Å². The predicted octanol–water partition coefficient (Wildman–Crippen LogP) is 3.02. The third kappa shape index (κ3) is 2.54. The fourth-order valence-corrected chi connectivity index (χ4v) is 2.13. The van der Waals surface area contributed by atoms with Crippen LogP contribution in [0.4, 0.5) is 0 Å². The summed E-state index contributed by atoms with van der Waals surface area (Å²) in [6.45, 7) is 6.60. The van der Waals surface area contributed by atoms with Crippen molar-refractivity contribution in [1.82, 2.24) is 9.55 Å². The van der Waals surface area contributed by atoms with Crippen LogP contribution in [0.3, 0.4) is 0 Å². The molecule has 0 saturated carbocycles. The van der Waals surface area contributed by atoms with Crippen LogP contribution in [0, 0.1) is 13.8 Å². The third-order valence-electron chi connectivity index (χ3n) is 3.01. The number of carbonyl (C=O) groups excluding carboxylic acids is 1. The van der Waals surface area contributed by atoms with Gasteiger partial charge in [0.2, 0.25) is 0 Å². The molecule has 0 aliphatic carbocycles. The molecule has 90 valence electrons. The highest BCUT2D eigenvalue weighted by Crippen LogP contribution is 2.18. The molecule has 0 bridgehead atoms. The van der Waals surface area contributed by atoms with E-state index in [1.165, 1.54) is 5.56 Å². The van der Waals surface area contributed by atoms with Crippen molar-refractivity contribution in [1.29, 1.82) is 0 Å². The van der Waals surface area contributed by atoms with Crippen LogP contribution in [0.1, 0.15) is 31.2 Å². The molecule has 0 amide bonds. The van der Waals surface area contributed by atoms with Crippen LogP contribution in [0.5, 0.6) is 0 Å². The molecule has 2 aromatic rings. The van der Waals surface area contributed by atoms with Gasteiger partial charge in [-0.2, -0.15) is 0 Å². The lowest BCUT2D eigenvalue weighted by Crippen LogP contribution is -2.02. The monoisotopic (exact) mass is 230 g/mol. The fourth-order valence-electron chi connectivity index (χ4n) is 2.13. The second-order valence-corrected chi connectivity index (χ2v) is 4.61. The van der Waals surface area contributed by atoms with Crippen molar-refractivity contribution in [3.05, 3.63) is 29.6 Å². The molecule has 3 nitrogen and oxygen atoms in total. The SMILES string of the molecule is CC(=O)CCCn1c(C)nc2cc(C)ccc21. The first-order chi connectivity index (χ1) is 8.08. The number of nitrogens with zero attached hydrogens (tertiary/aromatic N) is 2. The van der Waals surface area contributed by atoms with Crippen molar-refractivity contribution in [3.63, 3.8) is 0 Å². The summed E-state index contributed by atoms with van der Waals surface area (Å²) < 4.78 is 2.19. The van der Waals surface area contributed by atoms with Crippen molar-refractivity contribution >= 4 is 16.8 Å². The molecule has 0 atom stereocenters. The van der Waals surface area contributed by atoms with Crippen LogP contribution in [0.25, 0.3) is 11.0 Å². The number of aromatic nitrogens is 2. The maximum absolute atomic E-state index is 10.9. The summed E-state index contributed by atoms with van der Waals surface area (Å²) >= 11 is 0. The summed E-state index contributed by atoms with van der Waals surface area (Å²) in [4.78, 5) is 15.5. The summed E-state index contributed by atoms with van der Waals surface area (Å²) in [6, 6.07) is 6.31. The molecule has 0 fully saturated rings. The van der Waals surface area contributed by atoms with Crippen molar-refractivity contribution < 1.29 is 4.79 Å². The highest BCUT2D eigenvalue weighted by atomic mass is 16.1. The first-order valence-electron chi connectivity index (χ1n) is 6.01. The maximum atomic E-state index is 10.9. The Kier molecular flexibility index (Phi) is 3.27. The van der Waals surface area contributed by atoms with Gasteiger partial charge in [0.05, 0.1) is 11.0 Å². The van der Waals surface area contributed by atoms with E-state index >= 15 is 0 Å². The molecule has 17 heavy (non-hydrogen) atoms. The van der Waals surface area contributed by atoms with Crippen LogP contribution in [-0.4, -0.2) is 15.3 Å². The van der Waals surface area contributed by atoms with E-state index in [0.29, 0.717) is 6.42 Å². The Labute approximate surface area is 101 Å². The standard InChI is InChI=1S/C14H18N2O/c1-10-6-7-14-13(9-10)15-12(3)16(14)8-4-5-11(2)17/h6-7,9H,4-5,8H2,1-3H3. The molecule has 0 aliphatic heterocycles. The minimum atomic E-state index is 0.253. The predicted molar refractivity (Wildman–Crippen MR) is 69.1 cm³/mol. The van der Waals surface area contributed by atoms with Crippen molar-refractivity contribution in [2.24, 2.45) is 0 Å². The number of aryl methyl sites for hydroxylation is 3. The zero-order valence-corrected chi connectivity index (χ0v) is 10.7. The Balaban J connectivity index is 2.27. The average molecular weight is 230 g/mol. The van der Waals surface area contributed by atoms with Crippen LogP contribution < -0.4 is 0 Å². The number of carbonyl (C=O) groups is 1. The third-order valence-corrected chi connectivity index (χ3v) is 3.01. The van der Waals surface area contributed by atoms with Crippen LogP contribution >= 0.6 is 0 Å². The Morgan fingerprint density at radius 2 is 2.12 bits per heavy atom. The molecular formula is C14H18N2O. The molecule has 0 aliphatic rings. The number of rotatable bonds is 4.